The number of carbonyl (C=O) groups excluding carboxylic acids is 3. The van der Waals surface area contributed by atoms with Crippen LogP contribution >= 0.6 is 0 Å². The molecule has 0 radical (unpaired) electrons. The van der Waals surface area contributed by atoms with E-state index < -0.39 is 18.2 Å². The average Bonchev–Trinajstić information content (AvgIpc) is 3.34. The van der Waals surface area contributed by atoms with Crippen LogP contribution in [0, 0.1) is 23.2 Å². The molecule has 3 rings (SSSR count). The zero-order chi connectivity index (χ0) is 25.2. The minimum Gasteiger partial charge on any atom is -0.450 e. The highest BCUT2D eigenvalue weighted by Gasteiger charge is 2.38. The molecule has 1 saturated heterocycles. The summed E-state index contributed by atoms with van der Waals surface area (Å²) >= 11 is 0. The van der Waals surface area contributed by atoms with Crippen LogP contribution in [-0.2, 0) is 14.3 Å². The Labute approximate surface area is 209 Å². The van der Waals surface area contributed by atoms with E-state index in [1.165, 1.54) is 6.42 Å². The molecular formula is C26H45N5O4. The van der Waals surface area contributed by atoms with Crippen LogP contribution in [-0.4, -0.2) is 60.4 Å². The largest absolute Gasteiger partial charge is 0.450 e. The van der Waals surface area contributed by atoms with Gasteiger partial charge in [-0.1, -0.05) is 32.1 Å². The van der Waals surface area contributed by atoms with Crippen LogP contribution in [0.5, 0.6) is 0 Å². The highest BCUT2D eigenvalue weighted by Crippen LogP contribution is 2.31. The number of likely N-dealkylation sites (tertiary alicyclic amines) is 1. The summed E-state index contributed by atoms with van der Waals surface area (Å²) in [5, 5.41) is 13.5. The second-order valence-corrected chi connectivity index (χ2v) is 10.6. The van der Waals surface area contributed by atoms with Gasteiger partial charge in [-0.05, 0) is 70.1 Å². The van der Waals surface area contributed by atoms with Crippen LogP contribution in [0.1, 0.15) is 90.4 Å². The van der Waals surface area contributed by atoms with Crippen LogP contribution < -0.4 is 16.4 Å². The van der Waals surface area contributed by atoms with Crippen molar-refractivity contribution in [3.05, 3.63) is 0 Å². The molecule has 0 unspecified atom stereocenters. The van der Waals surface area contributed by atoms with E-state index in [1.54, 1.807) is 11.8 Å². The zero-order valence-corrected chi connectivity index (χ0v) is 21.4. The Hall–Kier alpha value is -2.32. The summed E-state index contributed by atoms with van der Waals surface area (Å²) in [6, 6.07) is -1.13. The number of nitrogens with zero attached hydrogens (tertiary/aromatic N) is 1. The number of amidine groups is 1. The van der Waals surface area contributed by atoms with Gasteiger partial charge < -0.3 is 26.0 Å². The van der Waals surface area contributed by atoms with Crippen molar-refractivity contribution in [2.24, 2.45) is 23.5 Å². The minimum atomic E-state index is -0.651. The number of hydrogen-bond donors (Lipinski definition) is 4. The van der Waals surface area contributed by atoms with Crippen molar-refractivity contribution >= 4 is 23.7 Å². The Morgan fingerprint density at radius 2 is 1.71 bits per heavy atom. The third-order valence-electron chi connectivity index (χ3n) is 8.14. The van der Waals surface area contributed by atoms with Gasteiger partial charge in [0, 0.05) is 19.0 Å². The number of nitrogens with two attached hydrogens (primary N) is 1. The molecule has 3 fully saturated rings. The predicted octanol–water partition coefficient (Wildman–Crippen LogP) is 3.31. The first kappa shape index (κ1) is 27.3. The zero-order valence-electron chi connectivity index (χ0n) is 21.4. The smallest absolute Gasteiger partial charge is 0.407 e. The summed E-state index contributed by atoms with van der Waals surface area (Å²) in [7, 11) is 0. The molecule has 0 bridgehead atoms. The lowest BCUT2D eigenvalue weighted by Gasteiger charge is -2.31. The molecule has 0 spiro atoms. The van der Waals surface area contributed by atoms with E-state index in [9.17, 15) is 14.4 Å². The summed E-state index contributed by atoms with van der Waals surface area (Å²) in [5.74, 6) is 1.20. The maximum atomic E-state index is 13.5. The standard InChI is InChI=1S/C26H45N5O4/c1-2-35-26(34)30-21(17-19-7-4-3-5-8-19)25(33)31-16-6-9-22(31)24(32)29-15-14-18-10-12-20(13-11-18)23(27)28/h18-22H,2-17H2,1H3,(H3,27,28)(H,29,32)(H,30,34)/t18?,20?,21-,22+/m1/s1. The molecule has 1 heterocycles. The van der Waals surface area contributed by atoms with Crippen molar-refractivity contribution in [2.45, 2.75) is 102 Å². The number of ether oxygens (including phenoxy) is 1. The van der Waals surface area contributed by atoms with E-state index in [2.05, 4.69) is 10.6 Å². The van der Waals surface area contributed by atoms with Gasteiger partial charge in [-0.2, -0.15) is 0 Å². The highest BCUT2D eigenvalue weighted by molar-refractivity contribution is 5.91. The number of rotatable bonds is 10. The Morgan fingerprint density at radius 3 is 2.37 bits per heavy atom. The van der Waals surface area contributed by atoms with E-state index in [0.29, 0.717) is 43.6 Å². The molecule has 5 N–H and O–H groups in total. The Bertz CT molecular complexity index is 731. The topological polar surface area (TPSA) is 138 Å². The van der Waals surface area contributed by atoms with Crippen LogP contribution in [0.15, 0.2) is 0 Å². The highest BCUT2D eigenvalue weighted by atomic mass is 16.5. The molecule has 3 aliphatic rings. The van der Waals surface area contributed by atoms with Gasteiger partial charge in [0.1, 0.15) is 12.1 Å². The first-order valence-corrected chi connectivity index (χ1v) is 13.7. The summed E-state index contributed by atoms with van der Waals surface area (Å²) in [5.41, 5.74) is 5.64. The molecule has 0 aromatic rings. The Morgan fingerprint density at radius 1 is 1.00 bits per heavy atom. The van der Waals surface area contributed by atoms with Crippen LogP contribution in [0.3, 0.4) is 0 Å². The van der Waals surface area contributed by atoms with E-state index >= 15 is 0 Å². The third-order valence-corrected chi connectivity index (χ3v) is 8.14. The van der Waals surface area contributed by atoms with Crippen molar-refractivity contribution in [1.29, 1.82) is 5.41 Å². The molecule has 2 atom stereocenters. The average molecular weight is 492 g/mol. The van der Waals surface area contributed by atoms with Crippen molar-refractivity contribution in [3.8, 4) is 0 Å². The first-order chi connectivity index (χ1) is 16.9. The number of alkyl carbamates (subject to hydrolysis) is 1. The van der Waals surface area contributed by atoms with E-state index in [0.717, 1.165) is 64.2 Å². The molecule has 198 valence electrons. The number of carbonyl (C=O) groups is 3. The van der Waals surface area contributed by atoms with Gasteiger partial charge in [0.15, 0.2) is 0 Å². The minimum absolute atomic E-state index is 0.0965. The van der Waals surface area contributed by atoms with Crippen LogP contribution in [0.4, 0.5) is 4.79 Å². The second kappa shape index (κ2) is 13.7. The lowest BCUT2D eigenvalue weighted by molar-refractivity contribution is -0.140. The molecule has 3 amide bonds. The van der Waals surface area contributed by atoms with Crippen LogP contribution in [0.2, 0.25) is 0 Å². The Kier molecular flexibility index (Phi) is 10.7. The molecule has 1 aliphatic heterocycles. The third kappa shape index (κ3) is 8.10. The molecule has 2 saturated carbocycles. The number of amides is 3. The lowest BCUT2D eigenvalue weighted by Crippen LogP contribution is -2.54. The van der Waals surface area contributed by atoms with Crippen molar-refractivity contribution in [1.82, 2.24) is 15.5 Å². The van der Waals surface area contributed by atoms with Gasteiger partial charge in [-0.25, -0.2) is 4.79 Å². The van der Waals surface area contributed by atoms with Gasteiger partial charge in [-0.15, -0.1) is 0 Å². The molecule has 2 aliphatic carbocycles. The van der Waals surface area contributed by atoms with Crippen molar-refractivity contribution in [2.75, 3.05) is 19.7 Å². The maximum absolute atomic E-state index is 13.5. The SMILES string of the molecule is CCOC(=O)N[C@H](CC1CCCCC1)C(=O)N1CCC[C@H]1C(=O)NCCC1CCC(C(=N)N)CC1. The Balaban J connectivity index is 1.52. The van der Waals surface area contributed by atoms with Gasteiger partial charge in [0.05, 0.1) is 12.4 Å². The van der Waals surface area contributed by atoms with Gasteiger partial charge in [0.25, 0.3) is 0 Å². The van der Waals surface area contributed by atoms with Gasteiger partial charge in [0.2, 0.25) is 11.8 Å². The number of nitrogens with one attached hydrogen (secondary N) is 3. The van der Waals surface area contributed by atoms with Crippen molar-refractivity contribution in [3.63, 3.8) is 0 Å². The second-order valence-electron chi connectivity index (χ2n) is 10.6. The van der Waals surface area contributed by atoms with Gasteiger partial charge >= 0.3 is 6.09 Å². The summed E-state index contributed by atoms with van der Waals surface area (Å²) < 4.78 is 5.06. The number of hydrogen-bond acceptors (Lipinski definition) is 5. The molecule has 0 aromatic carbocycles. The normalized spacial score (nSPS) is 26.1. The summed E-state index contributed by atoms with van der Waals surface area (Å²) in [6.07, 6.45) is 12.1. The first-order valence-electron chi connectivity index (χ1n) is 13.7. The van der Waals surface area contributed by atoms with E-state index in [1.807, 2.05) is 0 Å². The fraction of sp³-hybridized carbons (Fsp3) is 0.846. The lowest BCUT2D eigenvalue weighted by atomic mass is 9.80. The molecule has 35 heavy (non-hydrogen) atoms. The van der Waals surface area contributed by atoms with Gasteiger partial charge in [-0.3, -0.25) is 15.0 Å². The summed E-state index contributed by atoms with van der Waals surface area (Å²) in [4.78, 5) is 40.4. The predicted molar refractivity (Wildman–Crippen MR) is 135 cm³/mol. The summed E-state index contributed by atoms with van der Waals surface area (Å²) in [6.45, 7) is 3.13. The van der Waals surface area contributed by atoms with E-state index in [4.69, 9.17) is 15.9 Å². The molecule has 9 heteroatoms. The fourth-order valence-electron chi connectivity index (χ4n) is 6.08. The molecular weight excluding hydrogens is 446 g/mol. The maximum Gasteiger partial charge on any atom is 0.407 e. The fourth-order valence-corrected chi connectivity index (χ4v) is 6.08. The monoisotopic (exact) mass is 491 g/mol. The quantitative estimate of drug-likeness (QED) is 0.274. The molecule has 0 aromatic heterocycles. The van der Waals surface area contributed by atoms with Crippen LogP contribution in [0.25, 0.3) is 0 Å². The molecule has 9 nitrogen and oxygen atoms in total. The van der Waals surface area contributed by atoms with E-state index in [-0.39, 0.29) is 24.3 Å². The van der Waals surface area contributed by atoms with Crippen molar-refractivity contribution < 1.29 is 19.1 Å².